The van der Waals surface area contributed by atoms with Gasteiger partial charge >= 0.3 is 5.97 Å². The predicted octanol–water partition coefficient (Wildman–Crippen LogP) is 2.27. The Morgan fingerprint density at radius 2 is 2.07 bits per heavy atom. The van der Waals surface area contributed by atoms with Crippen LogP contribution in [-0.4, -0.2) is 60.5 Å². The van der Waals surface area contributed by atoms with Crippen LogP contribution >= 0.6 is 0 Å². The number of nitrogens with zero attached hydrogens (tertiary/aromatic N) is 1. The second kappa shape index (κ2) is 6.87. The highest BCUT2D eigenvalue weighted by Crippen LogP contribution is 2.49. The van der Waals surface area contributed by atoms with E-state index >= 15 is 0 Å². The van der Waals surface area contributed by atoms with Crippen LogP contribution in [-0.2, 0) is 20.7 Å². The summed E-state index contributed by atoms with van der Waals surface area (Å²) in [7, 11) is 3.01. The topological polar surface area (TPSA) is 74.8 Å². The van der Waals surface area contributed by atoms with E-state index < -0.39 is 18.1 Å². The summed E-state index contributed by atoms with van der Waals surface area (Å²) in [5, 5.41) is 11.9. The first-order valence-electron chi connectivity index (χ1n) is 10.2. The molecule has 0 radical (unpaired) electrons. The van der Waals surface area contributed by atoms with Crippen LogP contribution in [0.4, 0.5) is 0 Å². The highest BCUT2D eigenvalue weighted by molar-refractivity contribution is 5.85. The minimum atomic E-state index is -0.625. The number of esters is 1. The Balaban J connectivity index is 1.52. The Morgan fingerprint density at radius 1 is 1.25 bits per heavy atom. The third kappa shape index (κ3) is 2.62. The third-order valence-corrected chi connectivity index (χ3v) is 7.32. The lowest BCUT2D eigenvalue weighted by Gasteiger charge is -2.52. The van der Waals surface area contributed by atoms with E-state index in [0.717, 1.165) is 25.9 Å². The molecule has 150 valence electrons. The summed E-state index contributed by atoms with van der Waals surface area (Å²) >= 11 is 0. The van der Waals surface area contributed by atoms with Gasteiger partial charge in [0.2, 0.25) is 0 Å². The molecule has 2 fully saturated rings. The van der Waals surface area contributed by atoms with Gasteiger partial charge in [-0.05, 0) is 42.7 Å². The van der Waals surface area contributed by atoms with Crippen molar-refractivity contribution >= 4 is 16.9 Å². The Bertz CT molecular complexity index is 894. The zero-order valence-corrected chi connectivity index (χ0v) is 16.4. The smallest absolute Gasteiger partial charge is 0.311 e. The van der Waals surface area contributed by atoms with Gasteiger partial charge in [0.1, 0.15) is 0 Å². The van der Waals surface area contributed by atoms with Crippen molar-refractivity contribution in [2.24, 2.45) is 17.8 Å². The van der Waals surface area contributed by atoms with Gasteiger partial charge in [-0.2, -0.15) is 0 Å². The highest BCUT2D eigenvalue weighted by atomic mass is 16.5. The van der Waals surface area contributed by atoms with Gasteiger partial charge in [-0.15, -0.1) is 0 Å². The summed E-state index contributed by atoms with van der Waals surface area (Å²) in [6.07, 6.45) is 1.49. The number of aromatic amines is 1. The number of aliphatic hydroxyl groups excluding tert-OH is 1. The van der Waals surface area contributed by atoms with Crippen LogP contribution in [0.15, 0.2) is 24.3 Å². The van der Waals surface area contributed by atoms with E-state index in [4.69, 9.17) is 9.47 Å². The lowest BCUT2D eigenvalue weighted by Crippen LogP contribution is -2.57. The molecular weight excluding hydrogens is 356 g/mol. The fourth-order valence-electron chi connectivity index (χ4n) is 6.11. The maximum Gasteiger partial charge on any atom is 0.311 e. The Kier molecular flexibility index (Phi) is 4.45. The number of nitrogens with one attached hydrogen (secondary N) is 1. The fraction of sp³-hybridized carbons (Fsp3) is 0.591. The van der Waals surface area contributed by atoms with E-state index in [0.29, 0.717) is 6.42 Å². The van der Waals surface area contributed by atoms with Crippen LogP contribution in [0.25, 0.3) is 10.9 Å². The van der Waals surface area contributed by atoms with Crippen molar-refractivity contribution in [3.8, 4) is 0 Å². The van der Waals surface area contributed by atoms with Gasteiger partial charge < -0.3 is 19.6 Å². The number of fused-ring (bicyclic) bond motifs is 6. The molecular formula is C22H28N2O4. The number of rotatable bonds is 2. The van der Waals surface area contributed by atoms with Crippen molar-refractivity contribution < 1.29 is 19.4 Å². The lowest BCUT2D eigenvalue weighted by atomic mass is 9.64. The zero-order valence-electron chi connectivity index (χ0n) is 16.4. The average molecular weight is 384 g/mol. The minimum absolute atomic E-state index is 0.152. The molecule has 1 saturated heterocycles. The lowest BCUT2D eigenvalue weighted by molar-refractivity contribution is -0.175. The number of piperidine rings is 1. The molecule has 2 N–H and O–H groups in total. The molecule has 1 aromatic carbocycles. The van der Waals surface area contributed by atoms with E-state index in [9.17, 15) is 9.90 Å². The van der Waals surface area contributed by atoms with E-state index in [2.05, 4.69) is 34.1 Å². The first kappa shape index (κ1) is 18.2. The monoisotopic (exact) mass is 384 g/mol. The zero-order chi connectivity index (χ0) is 19.4. The van der Waals surface area contributed by atoms with Gasteiger partial charge in [-0.3, -0.25) is 9.69 Å². The molecule has 6 atom stereocenters. The second-order valence-electron chi connectivity index (χ2n) is 8.54. The molecule has 5 rings (SSSR count). The third-order valence-electron chi connectivity index (χ3n) is 7.32. The summed E-state index contributed by atoms with van der Waals surface area (Å²) in [5.74, 6) is -0.241. The summed E-state index contributed by atoms with van der Waals surface area (Å²) in [6.45, 7) is 1.93. The molecule has 1 aromatic heterocycles. The number of carbonyl (C=O) groups is 1. The SMILES string of the molecule is COC(=O)[C@H]1C2CC3c4[nH]c5ccccc5c4CCN3CC2C[C@@H](O)[C@@H]1OC. The Morgan fingerprint density at radius 3 is 2.86 bits per heavy atom. The Labute approximate surface area is 164 Å². The van der Waals surface area contributed by atoms with Crippen LogP contribution < -0.4 is 0 Å². The standard InChI is InChI=1S/C22H28N2O4/c1-27-21-18(25)9-12-11-24-8-7-14-13-5-3-4-6-16(13)23-20(14)17(24)10-15(12)19(21)22(26)28-2/h3-6,12,15,17-19,21,23,25H,7-11H2,1-2H3/t12?,15?,17?,18-,19+,21+/m1/s1. The number of carbonyl (C=O) groups excluding carboxylic acids is 1. The number of benzene rings is 1. The number of ether oxygens (including phenoxy) is 2. The summed E-state index contributed by atoms with van der Waals surface area (Å²) < 4.78 is 10.7. The molecule has 3 unspecified atom stereocenters. The molecule has 1 saturated carbocycles. The largest absolute Gasteiger partial charge is 0.469 e. The van der Waals surface area contributed by atoms with E-state index in [1.807, 2.05) is 0 Å². The van der Waals surface area contributed by atoms with Crippen molar-refractivity contribution in [3.63, 3.8) is 0 Å². The number of hydrogen-bond acceptors (Lipinski definition) is 5. The van der Waals surface area contributed by atoms with Crippen molar-refractivity contribution in [1.29, 1.82) is 0 Å². The number of H-pyrrole nitrogens is 1. The number of aromatic nitrogens is 1. The van der Waals surface area contributed by atoms with Crippen molar-refractivity contribution in [3.05, 3.63) is 35.5 Å². The second-order valence-corrected chi connectivity index (χ2v) is 8.54. The minimum Gasteiger partial charge on any atom is -0.469 e. The predicted molar refractivity (Wildman–Crippen MR) is 105 cm³/mol. The van der Waals surface area contributed by atoms with E-state index in [1.54, 1.807) is 7.11 Å². The average Bonchev–Trinajstić information content (AvgIpc) is 3.10. The normalized spacial score (nSPS) is 35.1. The van der Waals surface area contributed by atoms with Crippen LogP contribution in [0.1, 0.15) is 30.1 Å². The van der Waals surface area contributed by atoms with Gasteiger partial charge in [0.05, 0.1) is 31.3 Å². The van der Waals surface area contributed by atoms with Crippen LogP contribution in [0.2, 0.25) is 0 Å². The first-order valence-corrected chi connectivity index (χ1v) is 10.2. The van der Waals surface area contributed by atoms with Crippen LogP contribution in [0.5, 0.6) is 0 Å². The maximum atomic E-state index is 12.6. The number of hydrogen-bond donors (Lipinski definition) is 2. The molecule has 0 bridgehead atoms. The molecule has 3 heterocycles. The number of methoxy groups -OCH3 is 2. The molecule has 6 heteroatoms. The van der Waals surface area contributed by atoms with Gasteiger partial charge in [0.15, 0.2) is 0 Å². The maximum absolute atomic E-state index is 12.6. The molecule has 28 heavy (non-hydrogen) atoms. The van der Waals surface area contributed by atoms with Gasteiger partial charge in [-0.25, -0.2) is 0 Å². The number of aliphatic hydroxyl groups is 1. The summed E-state index contributed by atoms with van der Waals surface area (Å²) in [5.41, 5.74) is 3.91. The summed E-state index contributed by atoms with van der Waals surface area (Å²) in [4.78, 5) is 18.8. The van der Waals surface area contributed by atoms with Crippen LogP contribution in [0.3, 0.4) is 0 Å². The molecule has 1 aliphatic carbocycles. The molecule has 2 aromatic rings. The van der Waals surface area contributed by atoms with Gasteiger partial charge in [-0.1, -0.05) is 18.2 Å². The summed E-state index contributed by atoms with van der Waals surface area (Å²) in [6, 6.07) is 8.77. The van der Waals surface area contributed by atoms with E-state index in [1.165, 1.54) is 29.3 Å². The van der Waals surface area contributed by atoms with Gasteiger partial charge in [0, 0.05) is 36.8 Å². The molecule has 3 aliphatic rings. The van der Waals surface area contributed by atoms with Crippen molar-refractivity contribution in [2.75, 3.05) is 27.3 Å². The number of para-hydroxylation sites is 1. The van der Waals surface area contributed by atoms with Gasteiger partial charge in [0.25, 0.3) is 0 Å². The molecule has 0 spiro atoms. The highest BCUT2D eigenvalue weighted by Gasteiger charge is 2.53. The Hall–Kier alpha value is -1.89. The fourth-order valence-corrected chi connectivity index (χ4v) is 6.11. The molecule has 0 amide bonds. The van der Waals surface area contributed by atoms with Crippen LogP contribution in [0, 0.1) is 17.8 Å². The molecule has 2 aliphatic heterocycles. The molecule has 6 nitrogen and oxygen atoms in total. The van der Waals surface area contributed by atoms with E-state index in [-0.39, 0.29) is 23.8 Å². The van der Waals surface area contributed by atoms with Crippen molar-refractivity contribution in [2.45, 2.75) is 37.5 Å². The van der Waals surface area contributed by atoms with Crippen molar-refractivity contribution in [1.82, 2.24) is 9.88 Å². The first-order chi connectivity index (χ1) is 13.6. The quantitative estimate of drug-likeness (QED) is 0.777.